The summed E-state index contributed by atoms with van der Waals surface area (Å²) in [5, 5.41) is 38.4. The third-order valence-electron chi connectivity index (χ3n) is 5.37. The van der Waals surface area contributed by atoms with Crippen molar-refractivity contribution in [2.24, 2.45) is 0 Å². The molecule has 5 N–H and O–H groups in total. The minimum absolute atomic E-state index is 0.000142. The van der Waals surface area contributed by atoms with E-state index < -0.39 is 24.1 Å². The largest absolute Gasteiger partial charge is 0.370 e. The molecule has 2 heterocycles. The molecule has 0 aliphatic heterocycles. The monoisotopic (exact) mass is 518 g/mol. The summed E-state index contributed by atoms with van der Waals surface area (Å²) in [6.07, 6.45) is 0.682. The maximum absolute atomic E-state index is 14.6. The van der Waals surface area contributed by atoms with Crippen molar-refractivity contribution in [3.8, 4) is 6.07 Å². The summed E-state index contributed by atoms with van der Waals surface area (Å²) in [5.74, 6) is -4.17. The van der Waals surface area contributed by atoms with E-state index in [4.69, 9.17) is 11.6 Å². The number of nitriles is 1. The first-order valence-corrected chi connectivity index (χ1v) is 11.2. The summed E-state index contributed by atoms with van der Waals surface area (Å²) < 4.78 is 30.0. The van der Waals surface area contributed by atoms with Crippen molar-refractivity contribution in [3.63, 3.8) is 0 Å². The molecule has 1 aromatic carbocycles. The molecule has 12 heteroatoms. The topological polar surface area (TPSA) is 125 Å². The number of halogens is 3. The van der Waals surface area contributed by atoms with Crippen molar-refractivity contribution in [2.45, 2.75) is 25.4 Å². The number of anilines is 1. The van der Waals surface area contributed by atoms with Gasteiger partial charge in [0.25, 0.3) is 0 Å². The molecule has 0 bridgehead atoms. The Morgan fingerprint density at radius 1 is 1.14 bits per heavy atom. The molecule has 3 rings (SSSR count). The second-order valence-electron chi connectivity index (χ2n) is 7.89. The van der Waals surface area contributed by atoms with Crippen molar-refractivity contribution < 1.29 is 33.5 Å². The Morgan fingerprint density at radius 3 is 2.61 bits per heavy atom. The van der Waals surface area contributed by atoms with Gasteiger partial charge in [0.05, 0.1) is 12.0 Å². The second-order valence-corrected chi connectivity index (χ2v) is 8.32. The molecule has 0 unspecified atom stereocenters. The summed E-state index contributed by atoms with van der Waals surface area (Å²) in [6, 6.07) is 13.6. The lowest BCUT2D eigenvalue weighted by atomic mass is 10.1. The number of rotatable bonds is 10. The number of alkyl halides is 2. The van der Waals surface area contributed by atoms with E-state index in [1.54, 1.807) is 19.2 Å². The van der Waals surface area contributed by atoms with Crippen LogP contribution in [0.5, 0.6) is 0 Å². The molecular weight excluding hydrogens is 494 g/mol. The number of benzene rings is 1. The van der Waals surface area contributed by atoms with Gasteiger partial charge in [-0.2, -0.15) is 14.0 Å². The highest BCUT2D eigenvalue weighted by molar-refractivity contribution is 6.30. The molecule has 0 radical (unpaired) electrons. The number of aromatic nitrogens is 2. The Balaban J connectivity index is 1.74. The quantitative estimate of drug-likeness (QED) is 0.207. The number of pyridine rings is 2. The van der Waals surface area contributed by atoms with Crippen LogP contribution in [-0.4, -0.2) is 29.9 Å². The number of nitrogens with one attached hydrogen (secondary N) is 3. The fraction of sp³-hybridized carbons (Fsp3) is 0.250. The lowest BCUT2D eigenvalue weighted by Crippen LogP contribution is -2.45. The third-order valence-corrected chi connectivity index (χ3v) is 5.60. The van der Waals surface area contributed by atoms with Gasteiger partial charge in [0.15, 0.2) is 12.2 Å². The molecule has 0 spiro atoms. The van der Waals surface area contributed by atoms with Crippen molar-refractivity contribution in [2.75, 3.05) is 18.9 Å². The first-order valence-electron chi connectivity index (χ1n) is 10.8. The van der Waals surface area contributed by atoms with Gasteiger partial charge in [-0.1, -0.05) is 17.7 Å². The van der Waals surface area contributed by atoms with E-state index in [-0.39, 0.29) is 30.0 Å². The molecule has 0 saturated carbocycles. The van der Waals surface area contributed by atoms with Crippen molar-refractivity contribution in [1.29, 1.82) is 5.26 Å². The van der Waals surface area contributed by atoms with Crippen molar-refractivity contribution >= 4 is 23.3 Å². The lowest BCUT2D eigenvalue weighted by molar-refractivity contribution is -0.913. The molecule has 188 valence electrons. The van der Waals surface area contributed by atoms with Crippen LogP contribution in [0.4, 0.5) is 14.6 Å². The number of hydrogen-bond acceptors (Lipinski definition) is 6. The number of carbonyl (C=O) groups excluding carboxylic acids is 1. The van der Waals surface area contributed by atoms with Gasteiger partial charge in [-0.15, -0.1) is 0 Å². The summed E-state index contributed by atoms with van der Waals surface area (Å²) in [5.41, 5.74) is 0.990. The van der Waals surface area contributed by atoms with Gasteiger partial charge in [-0.05, 0) is 47.2 Å². The van der Waals surface area contributed by atoms with E-state index in [2.05, 4.69) is 16.0 Å². The Kier molecular flexibility index (Phi) is 8.58. The molecule has 36 heavy (non-hydrogen) atoms. The fourth-order valence-corrected chi connectivity index (χ4v) is 3.74. The Labute approximate surface area is 211 Å². The van der Waals surface area contributed by atoms with Crippen LogP contribution in [0, 0.1) is 11.3 Å². The zero-order valence-electron chi connectivity index (χ0n) is 19.3. The predicted molar refractivity (Wildman–Crippen MR) is 125 cm³/mol. The Hall–Kier alpha value is -4.01. The van der Waals surface area contributed by atoms with Crippen LogP contribution in [0.25, 0.3) is 0 Å². The summed E-state index contributed by atoms with van der Waals surface area (Å²) in [6.45, 7) is -0.250. The molecule has 0 fully saturated rings. The average molecular weight is 519 g/mol. The van der Waals surface area contributed by atoms with Gasteiger partial charge < -0.3 is 15.8 Å². The normalized spacial score (nSPS) is 11.1. The highest BCUT2D eigenvalue weighted by Crippen LogP contribution is 2.25. The van der Waals surface area contributed by atoms with E-state index in [1.807, 2.05) is 12.1 Å². The standard InChI is InChI=1S/C24H23ClF2N6O3/c1-29-13-17-5-7-19(25)10-18(17)14-30-23(34)11-20-16(12-28)6-8-22(33(20)36)31-15-24(26,27)21-4-2-3-9-32(21)35/h2-10,29,36H,11,13-15H2,1H3,(H-,30,34,35)/p+2. The van der Waals surface area contributed by atoms with E-state index in [1.165, 1.54) is 24.3 Å². The van der Waals surface area contributed by atoms with E-state index in [9.17, 15) is 29.3 Å². The molecule has 0 atom stereocenters. The highest BCUT2D eigenvalue weighted by atomic mass is 35.5. The van der Waals surface area contributed by atoms with Gasteiger partial charge in [0.1, 0.15) is 6.07 Å². The molecule has 0 aliphatic carbocycles. The number of nitrogens with zero attached hydrogens (tertiary/aromatic N) is 3. The molecule has 1 amide bonds. The van der Waals surface area contributed by atoms with Crippen molar-refractivity contribution in [1.82, 2.24) is 10.6 Å². The minimum Gasteiger partial charge on any atom is -0.352 e. The summed E-state index contributed by atoms with van der Waals surface area (Å²) >= 11 is 6.07. The molecule has 0 aliphatic rings. The fourth-order valence-electron chi connectivity index (χ4n) is 3.54. The first kappa shape index (κ1) is 26.6. The van der Waals surface area contributed by atoms with Crippen LogP contribution in [0.2, 0.25) is 5.02 Å². The highest BCUT2D eigenvalue weighted by Gasteiger charge is 2.43. The smallest absolute Gasteiger partial charge is 0.352 e. The van der Waals surface area contributed by atoms with Crippen LogP contribution in [-0.2, 0) is 30.2 Å². The predicted octanol–water partition coefficient (Wildman–Crippen LogP) is 2.04. The van der Waals surface area contributed by atoms with E-state index in [0.717, 1.165) is 23.4 Å². The molecule has 3 aromatic rings. The first-order chi connectivity index (χ1) is 17.2. The van der Waals surface area contributed by atoms with Gasteiger partial charge in [0.2, 0.25) is 12.1 Å². The van der Waals surface area contributed by atoms with E-state index >= 15 is 0 Å². The van der Waals surface area contributed by atoms with E-state index in [0.29, 0.717) is 21.0 Å². The van der Waals surface area contributed by atoms with Gasteiger partial charge in [-0.25, -0.2) is 0 Å². The summed E-state index contributed by atoms with van der Waals surface area (Å²) in [7, 11) is 1.79. The minimum atomic E-state index is -3.50. The average Bonchev–Trinajstić information content (AvgIpc) is 2.85. The van der Waals surface area contributed by atoms with Crippen LogP contribution >= 0.6 is 11.6 Å². The number of amides is 1. The van der Waals surface area contributed by atoms with Crippen LogP contribution < -0.4 is 25.4 Å². The SMILES string of the molecule is CNCc1ccc(Cl)cc1CNC(=O)Cc1c(C#N)ccc(NCC(F)(F)c2cccc[n+]2O)[n+]1O. The molecular formula is C24H25ClF2N6O3+2. The third kappa shape index (κ3) is 6.35. The van der Waals surface area contributed by atoms with Crippen LogP contribution in [0.1, 0.15) is 28.1 Å². The maximum atomic E-state index is 14.6. The lowest BCUT2D eigenvalue weighted by Gasteiger charge is -2.13. The Bertz CT molecular complexity index is 1300. The number of carbonyl (C=O) groups is 1. The van der Waals surface area contributed by atoms with Gasteiger partial charge in [0, 0.05) is 41.0 Å². The number of hydrogen-bond donors (Lipinski definition) is 5. The van der Waals surface area contributed by atoms with Gasteiger partial charge >= 0.3 is 17.4 Å². The zero-order valence-corrected chi connectivity index (χ0v) is 20.1. The zero-order chi connectivity index (χ0) is 26.3. The van der Waals surface area contributed by atoms with Crippen LogP contribution in [0.3, 0.4) is 0 Å². The molecule has 9 nitrogen and oxygen atoms in total. The van der Waals surface area contributed by atoms with Gasteiger partial charge in [-0.3, -0.25) is 15.3 Å². The summed E-state index contributed by atoms with van der Waals surface area (Å²) in [4.78, 5) is 12.6. The second kappa shape index (κ2) is 11.6. The van der Waals surface area contributed by atoms with Crippen LogP contribution in [0.15, 0.2) is 54.7 Å². The molecule has 0 saturated heterocycles. The maximum Gasteiger partial charge on any atom is 0.370 e. The Morgan fingerprint density at radius 2 is 1.92 bits per heavy atom. The molecule has 2 aromatic heterocycles. The van der Waals surface area contributed by atoms with Crippen molar-refractivity contribution in [3.05, 3.63) is 87.8 Å².